The van der Waals surface area contributed by atoms with E-state index in [9.17, 15) is 0 Å². The molecule has 2 aromatic carbocycles. The van der Waals surface area contributed by atoms with E-state index in [0.29, 0.717) is 11.6 Å². The summed E-state index contributed by atoms with van der Waals surface area (Å²) in [5.74, 6) is 1.95. The molecule has 4 nitrogen and oxygen atoms in total. The van der Waals surface area contributed by atoms with Crippen LogP contribution in [0.2, 0.25) is 0 Å². The molecule has 90 valence electrons. The molecule has 0 saturated heterocycles. The molecule has 3 N–H and O–H groups in total. The zero-order valence-electron chi connectivity index (χ0n) is 9.97. The summed E-state index contributed by atoms with van der Waals surface area (Å²) < 4.78 is 5.85. The van der Waals surface area contributed by atoms with E-state index in [-0.39, 0.29) is 0 Å². The summed E-state index contributed by atoms with van der Waals surface area (Å²) in [5, 5.41) is 7.67. The van der Waals surface area contributed by atoms with Crippen LogP contribution in [0, 0.1) is 6.92 Å². The van der Waals surface area contributed by atoms with Crippen molar-refractivity contribution in [2.45, 2.75) is 6.92 Å². The molecule has 0 spiro atoms. The number of aromatic amines is 1. The molecule has 1 aromatic heterocycles. The number of hydrogen-bond donors (Lipinski definition) is 2. The molecule has 3 rings (SSSR count). The quantitative estimate of drug-likeness (QED) is 0.721. The van der Waals surface area contributed by atoms with Crippen molar-refractivity contribution in [2.75, 3.05) is 5.73 Å². The number of nitrogen functional groups attached to an aromatic ring is 1. The topological polar surface area (TPSA) is 63.9 Å². The third-order valence-electron chi connectivity index (χ3n) is 2.83. The molecule has 1 heterocycles. The second-order valence-electron chi connectivity index (χ2n) is 4.20. The summed E-state index contributed by atoms with van der Waals surface area (Å²) in [6, 6.07) is 13.6. The van der Waals surface area contributed by atoms with E-state index >= 15 is 0 Å². The number of nitrogens with one attached hydrogen (secondary N) is 1. The third-order valence-corrected chi connectivity index (χ3v) is 2.83. The highest BCUT2D eigenvalue weighted by atomic mass is 16.5. The number of nitrogens with zero attached hydrogens (tertiary/aromatic N) is 1. The van der Waals surface area contributed by atoms with Gasteiger partial charge < -0.3 is 10.5 Å². The van der Waals surface area contributed by atoms with E-state index in [1.807, 2.05) is 49.4 Å². The molecule has 3 aromatic rings. The predicted molar refractivity (Wildman–Crippen MR) is 71.8 cm³/mol. The maximum Gasteiger partial charge on any atom is 0.156 e. The number of aryl methyl sites for hydroxylation is 1. The molecular weight excluding hydrogens is 226 g/mol. The van der Waals surface area contributed by atoms with Gasteiger partial charge in [-0.2, -0.15) is 5.10 Å². The Hall–Kier alpha value is -2.49. The summed E-state index contributed by atoms with van der Waals surface area (Å²) in [7, 11) is 0. The van der Waals surface area contributed by atoms with E-state index in [0.717, 1.165) is 16.7 Å². The molecule has 0 aliphatic heterocycles. The molecule has 18 heavy (non-hydrogen) atoms. The lowest BCUT2D eigenvalue weighted by atomic mass is 10.2. The molecule has 0 atom stereocenters. The predicted octanol–water partition coefficient (Wildman–Crippen LogP) is 3.25. The molecule has 0 radical (unpaired) electrons. The molecule has 0 saturated carbocycles. The highest BCUT2D eigenvalue weighted by Gasteiger charge is 2.09. The molecule has 0 bridgehead atoms. The maximum absolute atomic E-state index is 5.85. The van der Waals surface area contributed by atoms with Gasteiger partial charge in [-0.25, -0.2) is 0 Å². The van der Waals surface area contributed by atoms with Crippen molar-refractivity contribution in [3.63, 3.8) is 0 Å². The highest BCUT2D eigenvalue weighted by molar-refractivity contribution is 5.94. The largest absolute Gasteiger partial charge is 0.457 e. The lowest BCUT2D eigenvalue weighted by Gasteiger charge is -2.07. The molecule has 0 aliphatic carbocycles. The van der Waals surface area contributed by atoms with E-state index in [1.54, 1.807) is 0 Å². The highest BCUT2D eigenvalue weighted by Crippen LogP contribution is 2.32. The van der Waals surface area contributed by atoms with Crippen molar-refractivity contribution in [1.82, 2.24) is 10.2 Å². The summed E-state index contributed by atoms with van der Waals surface area (Å²) in [4.78, 5) is 0. The average Bonchev–Trinajstić information content (AvgIpc) is 2.75. The first kappa shape index (κ1) is 10.7. The van der Waals surface area contributed by atoms with Crippen molar-refractivity contribution in [2.24, 2.45) is 0 Å². The summed E-state index contributed by atoms with van der Waals surface area (Å²) in [6.07, 6.45) is 0. The van der Waals surface area contributed by atoms with Gasteiger partial charge in [0.15, 0.2) is 5.82 Å². The normalized spacial score (nSPS) is 10.7. The first-order valence-electron chi connectivity index (χ1n) is 5.71. The van der Waals surface area contributed by atoms with Crippen LogP contribution in [0.4, 0.5) is 5.82 Å². The molecule has 0 fully saturated rings. The summed E-state index contributed by atoms with van der Waals surface area (Å²) in [6.45, 7) is 2.04. The molecule has 4 heteroatoms. The Morgan fingerprint density at radius 2 is 1.89 bits per heavy atom. The van der Waals surface area contributed by atoms with Gasteiger partial charge in [-0.3, -0.25) is 5.10 Å². The number of rotatable bonds is 2. The van der Waals surface area contributed by atoms with Crippen molar-refractivity contribution in [3.05, 3.63) is 48.0 Å². The van der Waals surface area contributed by atoms with Crippen LogP contribution in [-0.4, -0.2) is 10.2 Å². The van der Waals surface area contributed by atoms with Gasteiger partial charge >= 0.3 is 0 Å². The maximum atomic E-state index is 5.85. The Balaban J connectivity index is 2.04. The second kappa shape index (κ2) is 4.07. The lowest BCUT2D eigenvalue weighted by Crippen LogP contribution is -1.88. The first-order chi connectivity index (χ1) is 8.74. The number of hydrogen-bond acceptors (Lipinski definition) is 3. The van der Waals surface area contributed by atoms with Crippen LogP contribution in [0.15, 0.2) is 42.5 Å². The smallest absolute Gasteiger partial charge is 0.156 e. The SMILES string of the molecule is Cc1ccc(Oc2cccc3[nH]nc(N)c23)cc1. The lowest BCUT2D eigenvalue weighted by molar-refractivity contribution is 0.488. The fourth-order valence-electron chi connectivity index (χ4n) is 1.88. The van der Waals surface area contributed by atoms with E-state index in [1.165, 1.54) is 5.56 Å². The Bertz CT molecular complexity index is 686. The molecule has 0 amide bonds. The minimum atomic E-state index is 0.452. The minimum Gasteiger partial charge on any atom is -0.457 e. The third kappa shape index (κ3) is 1.78. The van der Waals surface area contributed by atoms with Crippen molar-refractivity contribution < 1.29 is 4.74 Å². The molecular formula is C14H13N3O. The fourth-order valence-corrected chi connectivity index (χ4v) is 1.88. The Labute approximate surface area is 104 Å². The van der Waals surface area contributed by atoms with E-state index in [2.05, 4.69) is 10.2 Å². The van der Waals surface area contributed by atoms with Crippen LogP contribution < -0.4 is 10.5 Å². The number of ether oxygens (including phenoxy) is 1. The Kier molecular flexibility index (Phi) is 2.41. The van der Waals surface area contributed by atoms with Gasteiger partial charge in [-0.1, -0.05) is 23.8 Å². The zero-order valence-corrected chi connectivity index (χ0v) is 9.97. The van der Waals surface area contributed by atoms with E-state index < -0.39 is 0 Å². The number of fused-ring (bicyclic) bond motifs is 1. The standard InChI is InChI=1S/C14H13N3O/c1-9-5-7-10(8-6-9)18-12-4-2-3-11-13(12)14(15)17-16-11/h2-8H,1H3,(H3,15,16,17). The van der Waals surface area contributed by atoms with Crippen LogP contribution in [0.3, 0.4) is 0 Å². The monoisotopic (exact) mass is 239 g/mol. The second-order valence-corrected chi connectivity index (χ2v) is 4.20. The Morgan fingerprint density at radius 1 is 1.11 bits per heavy atom. The number of anilines is 1. The number of nitrogens with two attached hydrogens (primary N) is 1. The van der Waals surface area contributed by atoms with Crippen LogP contribution >= 0.6 is 0 Å². The van der Waals surface area contributed by atoms with Crippen molar-refractivity contribution >= 4 is 16.7 Å². The first-order valence-corrected chi connectivity index (χ1v) is 5.71. The van der Waals surface area contributed by atoms with E-state index in [4.69, 9.17) is 10.5 Å². The number of H-pyrrole nitrogens is 1. The van der Waals surface area contributed by atoms with Crippen LogP contribution in [0.25, 0.3) is 10.9 Å². The van der Waals surface area contributed by atoms with Gasteiger partial charge in [0.05, 0.1) is 10.9 Å². The fraction of sp³-hybridized carbons (Fsp3) is 0.0714. The van der Waals surface area contributed by atoms with Crippen molar-refractivity contribution in [1.29, 1.82) is 0 Å². The van der Waals surface area contributed by atoms with Gasteiger partial charge in [0.25, 0.3) is 0 Å². The van der Waals surface area contributed by atoms with Gasteiger partial charge in [-0.05, 0) is 31.2 Å². The zero-order chi connectivity index (χ0) is 12.5. The minimum absolute atomic E-state index is 0.452. The van der Waals surface area contributed by atoms with Crippen LogP contribution in [-0.2, 0) is 0 Å². The Morgan fingerprint density at radius 3 is 2.67 bits per heavy atom. The molecule has 0 unspecified atom stereocenters. The van der Waals surface area contributed by atoms with Crippen LogP contribution in [0.1, 0.15) is 5.56 Å². The summed E-state index contributed by atoms with van der Waals surface area (Å²) >= 11 is 0. The molecule has 0 aliphatic rings. The average molecular weight is 239 g/mol. The number of benzene rings is 2. The number of aromatic nitrogens is 2. The van der Waals surface area contributed by atoms with Gasteiger partial charge in [0.2, 0.25) is 0 Å². The van der Waals surface area contributed by atoms with Gasteiger partial charge in [-0.15, -0.1) is 0 Å². The van der Waals surface area contributed by atoms with Gasteiger partial charge in [0.1, 0.15) is 11.5 Å². The summed E-state index contributed by atoms with van der Waals surface area (Å²) in [5.41, 5.74) is 7.90. The van der Waals surface area contributed by atoms with Crippen LogP contribution in [0.5, 0.6) is 11.5 Å². The van der Waals surface area contributed by atoms with Gasteiger partial charge in [0, 0.05) is 0 Å². The van der Waals surface area contributed by atoms with Crippen molar-refractivity contribution in [3.8, 4) is 11.5 Å².